The first-order valence-corrected chi connectivity index (χ1v) is 10.5. The van der Waals surface area contributed by atoms with Gasteiger partial charge in [0.1, 0.15) is 12.1 Å². The van der Waals surface area contributed by atoms with Crippen molar-refractivity contribution in [3.8, 4) is 11.4 Å². The average Bonchev–Trinajstić information content (AvgIpc) is 3.49. The zero-order chi connectivity index (χ0) is 24.6. The van der Waals surface area contributed by atoms with E-state index < -0.39 is 23.5 Å². The second-order valence-electron chi connectivity index (χ2n) is 6.99. The number of halogens is 4. The van der Waals surface area contributed by atoms with E-state index in [0.717, 1.165) is 17.6 Å². The van der Waals surface area contributed by atoms with Crippen LogP contribution in [0.2, 0.25) is 0 Å². The third-order valence-electron chi connectivity index (χ3n) is 4.71. The summed E-state index contributed by atoms with van der Waals surface area (Å²) in [5.41, 5.74) is 0.310. The van der Waals surface area contributed by atoms with E-state index in [9.17, 15) is 22.4 Å². The fourth-order valence-electron chi connectivity index (χ4n) is 3.05. The molecule has 15 heteroatoms. The molecule has 0 radical (unpaired) electrons. The Balaban J connectivity index is 1.28. The molecular formula is C20H11F4N9OS. The van der Waals surface area contributed by atoms with E-state index in [4.69, 9.17) is 0 Å². The first-order chi connectivity index (χ1) is 16.8. The highest BCUT2D eigenvalue weighted by Gasteiger charge is 2.34. The van der Waals surface area contributed by atoms with E-state index in [1.807, 2.05) is 0 Å². The SMILES string of the molecule is O=C(Nc1nc(-c2ccc(F)c(C(F)(F)F)c2)ns1)c1ccc(Nc2ncnc3n[nH]nc23)cc1. The number of aromatic amines is 1. The number of H-pyrrole nitrogens is 1. The molecule has 176 valence electrons. The molecule has 5 rings (SSSR count). The molecule has 2 aromatic carbocycles. The first-order valence-electron chi connectivity index (χ1n) is 9.69. The monoisotopic (exact) mass is 501 g/mol. The summed E-state index contributed by atoms with van der Waals surface area (Å²) < 4.78 is 56.4. The minimum atomic E-state index is -4.86. The third kappa shape index (κ3) is 4.61. The number of benzene rings is 2. The van der Waals surface area contributed by atoms with Gasteiger partial charge < -0.3 is 5.32 Å². The molecule has 0 aliphatic carbocycles. The van der Waals surface area contributed by atoms with Crippen LogP contribution in [0.4, 0.5) is 34.2 Å². The number of nitrogens with one attached hydrogen (secondary N) is 3. The average molecular weight is 501 g/mol. The molecule has 0 aliphatic rings. The Kier molecular flexibility index (Phi) is 5.52. The van der Waals surface area contributed by atoms with Crippen molar-refractivity contribution in [3.63, 3.8) is 0 Å². The third-order valence-corrected chi connectivity index (χ3v) is 5.34. The highest BCUT2D eigenvalue weighted by Crippen LogP contribution is 2.34. The van der Waals surface area contributed by atoms with Crippen molar-refractivity contribution in [3.05, 3.63) is 65.7 Å². The van der Waals surface area contributed by atoms with Crippen molar-refractivity contribution in [2.45, 2.75) is 6.18 Å². The Morgan fingerprint density at radius 1 is 1.03 bits per heavy atom. The lowest BCUT2D eigenvalue weighted by Gasteiger charge is -2.08. The molecule has 0 fully saturated rings. The predicted octanol–water partition coefficient (Wildman–Crippen LogP) is 4.42. The lowest BCUT2D eigenvalue weighted by atomic mass is 10.1. The minimum Gasteiger partial charge on any atom is -0.338 e. The van der Waals surface area contributed by atoms with Crippen LogP contribution >= 0.6 is 11.5 Å². The molecule has 5 aromatic rings. The van der Waals surface area contributed by atoms with Gasteiger partial charge in [0.15, 0.2) is 17.2 Å². The number of fused-ring (bicyclic) bond motifs is 1. The van der Waals surface area contributed by atoms with Gasteiger partial charge in [0.25, 0.3) is 5.91 Å². The van der Waals surface area contributed by atoms with Gasteiger partial charge in [-0.1, -0.05) is 0 Å². The van der Waals surface area contributed by atoms with Crippen LogP contribution in [0.3, 0.4) is 0 Å². The second-order valence-corrected chi connectivity index (χ2v) is 7.74. The molecule has 3 N–H and O–H groups in total. The van der Waals surface area contributed by atoms with Crippen LogP contribution in [0.25, 0.3) is 22.6 Å². The molecule has 0 unspecified atom stereocenters. The Morgan fingerprint density at radius 3 is 2.60 bits per heavy atom. The highest BCUT2D eigenvalue weighted by molar-refractivity contribution is 7.10. The molecule has 0 saturated carbocycles. The lowest BCUT2D eigenvalue weighted by Crippen LogP contribution is -2.11. The van der Waals surface area contributed by atoms with Gasteiger partial charge in [-0.2, -0.15) is 32.8 Å². The lowest BCUT2D eigenvalue weighted by molar-refractivity contribution is -0.139. The van der Waals surface area contributed by atoms with Gasteiger partial charge in [-0.15, -0.1) is 5.10 Å². The van der Waals surface area contributed by atoms with Gasteiger partial charge >= 0.3 is 6.18 Å². The van der Waals surface area contributed by atoms with Gasteiger partial charge in [0.05, 0.1) is 5.56 Å². The van der Waals surface area contributed by atoms with Crippen molar-refractivity contribution in [2.75, 3.05) is 10.6 Å². The Labute approximate surface area is 196 Å². The maximum Gasteiger partial charge on any atom is 0.419 e. The maximum atomic E-state index is 13.5. The van der Waals surface area contributed by atoms with E-state index in [-0.39, 0.29) is 16.5 Å². The van der Waals surface area contributed by atoms with E-state index in [1.54, 1.807) is 24.3 Å². The van der Waals surface area contributed by atoms with Crippen molar-refractivity contribution in [2.24, 2.45) is 0 Å². The van der Waals surface area contributed by atoms with E-state index >= 15 is 0 Å². The molecule has 1 amide bonds. The quantitative estimate of drug-likeness (QED) is 0.301. The second kappa shape index (κ2) is 8.68. The molecule has 0 atom stereocenters. The van der Waals surface area contributed by atoms with Crippen LogP contribution in [-0.4, -0.2) is 40.6 Å². The summed E-state index contributed by atoms with van der Waals surface area (Å²) in [6.45, 7) is 0. The van der Waals surface area contributed by atoms with Crippen LogP contribution in [0, 0.1) is 5.82 Å². The number of anilines is 3. The number of aromatic nitrogens is 7. The molecule has 0 saturated heterocycles. The number of rotatable bonds is 5. The van der Waals surface area contributed by atoms with Gasteiger partial charge in [-0.05, 0) is 42.5 Å². The van der Waals surface area contributed by atoms with Crippen LogP contribution < -0.4 is 10.6 Å². The minimum absolute atomic E-state index is 0.0307. The number of hydrogen-bond acceptors (Lipinski definition) is 9. The number of alkyl halides is 3. The van der Waals surface area contributed by atoms with Crippen LogP contribution in [-0.2, 0) is 6.18 Å². The van der Waals surface area contributed by atoms with Gasteiger partial charge in [-0.25, -0.2) is 14.4 Å². The topological polar surface area (TPSA) is 134 Å². The van der Waals surface area contributed by atoms with E-state index in [0.29, 0.717) is 40.4 Å². The van der Waals surface area contributed by atoms with Gasteiger partial charge in [0, 0.05) is 28.3 Å². The largest absolute Gasteiger partial charge is 0.419 e. The smallest absolute Gasteiger partial charge is 0.338 e. The zero-order valence-electron chi connectivity index (χ0n) is 17.1. The fraction of sp³-hybridized carbons (Fsp3) is 0.0500. The van der Waals surface area contributed by atoms with Gasteiger partial charge in [-0.3, -0.25) is 10.1 Å². The predicted molar refractivity (Wildman–Crippen MR) is 117 cm³/mol. The first kappa shape index (κ1) is 22.3. The summed E-state index contributed by atoms with van der Waals surface area (Å²) in [5, 5.41) is 16.0. The van der Waals surface area contributed by atoms with Crippen LogP contribution in [0.5, 0.6) is 0 Å². The van der Waals surface area contributed by atoms with Crippen LogP contribution in [0.1, 0.15) is 15.9 Å². The van der Waals surface area contributed by atoms with Crippen LogP contribution in [0.15, 0.2) is 48.8 Å². The number of carbonyl (C=O) groups is 1. The molecule has 0 bridgehead atoms. The maximum absolute atomic E-state index is 13.5. The summed E-state index contributed by atoms with van der Waals surface area (Å²) in [6, 6.07) is 8.85. The van der Waals surface area contributed by atoms with E-state index in [2.05, 4.69) is 45.4 Å². The standard InChI is InChI=1S/C20H11F4N9OS/c21-13-6-3-10(7-12(13)20(22,23)24)15-28-19(35-32-15)29-18(34)9-1-4-11(5-2-9)27-16-14-17(26-8-25-16)31-33-30-14/h1-8H,(H,28,29,32,34)(H2,25,26,27,30,31,33). The molecule has 0 aliphatic heterocycles. The molecule has 0 spiro atoms. The summed E-state index contributed by atoms with van der Waals surface area (Å²) in [5.74, 6) is -1.54. The Bertz CT molecular complexity index is 1530. The number of amides is 1. The van der Waals surface area contributed by atoms with Crippen molar-refractivity contribution in [1.82, 2.24) is 34.7 Å². The molecule has 35 heavy (non-hydrogen) atoms. The molecule has 3 heterocycles. The normalized spacial score (nSPS) is 11.5. The number of hydrogen-bond donors (Lipinski definition) is 3. The molecule has 10 nitrogen and oxygen atoms in total. The van der Waals surface area contributed by atoms with Crippen molar-refractivity contribution >= 4 is 45.2 Å². The molecule has 3 aromatic heterocycles. The summed E-state index contributed by atoms with van der Waals surface area (Å²) in [7, 11) is 0. The highest BCUT2D eigenvalue weighted by atomic mass is 32.1. The number of carbonyl (C=O) groups excluding carboxylic acids is 1. The Morgan fingerprint density at radius 2 is 1.83 bits per heavy atom. The van der Waals surface area contributed by atoms with E-state index in [1.165, 1.54) is 6.33 Å². The Hall–Kier alpha value is -4.53. The summed E-state index contributed by atoms with van der Waals surface area (Å²) in [4.78, 5) is 24.7. The van der Waals surface area contributed by atoms with Crippen molar-refractivity contribution in [1.29, 1.82) is 0 Å². The molecular weight excluding hydrogens is 490 g/mol. The summed E-state index contributed by atoms with van der Waals surface area (Å²) in [6.07, 6.45) is -3.52. The van der Waals surface area contributed by atoms with Crippen molar-refractivity contribution < 1.29 is 22.4 Å². The summed E-state index contributed by atoms with van der Waals surface area (Å²) >= 11 is 0.781. The zero-order valence-corrected chi connectivity index (χ0v) is 17.9. The number of nitrogens with zero attached hydrogens (tertiary/aromatic N) is 6. The van der Waals surface area contributed by atoms with Gasteiger partial charge in [0.2, 0.25) is 10.8 Å². The fourth-order valence-corrected chi connectivity index (χ4v) is 3.64.